The van der Waals surface area contributed by atoms with Crippen LogP contribution in [0.2, 0.25) is 0 Å². The fourth-order valence-electron chi connectivity index (χ4n) is 5.13. The van der Waals surface area contributed by atoms with Gasteiger partial charge in [0.1, 0.15) is 6.54 Å². The Morgan fingerprint density at radius 3 is 1.32 bits per heavy atom. The molecule has 0 amide bonds. The molecule has 1 aromatic carbocycles. The molecule has 0 aliphatic rings. The highest BCUT2D eigenvalue weighted by atomic mass is 35.5. The molecule has 0 N–H and O–H groups in total. The molecule has 0 aliphatic heterocycles. The summed E-state index contributed by atoms with van der Waals surface area (Å²) in [7, 11) is 0. The fraction of sp³-hybridized carbons (Fsp3) is 0.793. The van der Waals surface area contributed by atoms with Crippen LogP contribution in [0, 0.1) is 0 Å². The van der Waals surface area contributed by atoms with Crippen molar-refractivity contribution < 1.29 is 16.9 Å². The van der Waals surface area contributed by atoms with Crippen LogP contribution in [-0.4, -0.2) is 24.1 Å². The minimum atomic E-state index is 0. The second-order valence-corrected chi connectivity index (χ2v) is 9.75. The average molecular weight is 452 g/mol. The van der Waals surface area contributed by atoms with Crippen molar-refractivity contribution in [2.24, 2.45) is 0 Å². The van der Waals surface area contributed by atoms with E-state index in [0.29, 0.717) is 0 Å². The Labute approximate surface area is 202 Å². The van der Waals surface area contributed by atoms with Crippen LogP contribution in [0.1, 0.15) is 129 Å². The second-order valence-electron chi connectivity index (χ2n) is 9.75. The third-order valence-electron chi connectivity index (χ3n) is 6.74. The van der Waals surface area contributed by atoms with E-state index in [2.05, 4.69) is 51.1 Å². The molecule has 0 radical (unpaired) electrons. The summed E-state index contributed by atoms with van der Waals surface area (Å²) in [6.07, 6.45) is 22.9. The Balaban J connectivity index is 0.00000900. The number of hydrogen-bond donors (Lipinski definition) is 0. The lowest BCUT2D eigenvalue weighted by atomic mass is 10.0. The van der Waals surface area contributed by atoms with Gasteiger partial charge in [-0.2, -0.15) is 0 Å². The quantitative estimate of drug-likeness (QED) is 0.152. The van der Waals surface area contributed by atoms with Crippen molar-refractivity contribution in [1.82, 2.24) is 0 Å². The zero-order valence-corrected chi connectivity index (χ0v) is 22.1. The normalized spacial score (nSPS) is 11.5. The summed E-state index contributed by atoms with van der Waals surface area (Å²) in [5.74, 6) is 0. The van der Waals surface area contributed by atoms with Gasteiger partial charge in [0.15, 0.2) is 0 Å². The number of benzene rings is 1. The van der Waals surface area contributed by atoms with E-state index in [9.17, 15) is 0 Å². The first-order valence-corrected chi connectivity index (χ1v) is 13.7. The van der Waals surface area contributed by atoms with E-state index in [4.69, 9.17) is 0 Å². The van der Waals surface area contributed by atoms with Crippen molar-refractivity contribution in [3.63, 3.8) is 0 Å². The third kappa shape index (κ3) is 15.8. The molecule has 0 aromatic heterocycles. The first kappa shape index (κ1) is 30.5. The second kappa shape index (κ2) is 21.3. The van der Waals surface area contributed by atoms with E-state index in [-0.39, 0.29) is 12.4 Å². The summed E-state index contributed by atoms with van der Waals surface area (Å²) in [4.78, 5) is 0. The minimum Gasteiger partial charge on any atom is -1.00 e. The van der Waals surface area contributed by atoms with Gasteiger partial charge in [-0.1, -0.05) is 128 Å². The molecule has 0 unspecified atom stereocenters. The minimum absolute atomic E-state index is 0. The lowest BCUT2D eigenvalue weighted by molar-refractivity contribution is -0.941. The summed E-state index contributed by atoms with van der Waals surface area (Å²) in [6, 6.07) is 11.2. The predicted molar refractivity (Wildman–Crippen MR) is 136 cm³/mol. The molecule has 0 aliphatic carbocycles. The first-order valence-electron chi connectivity index (χ1n) is 13.7. The maximum Gasteiger partial charge on any atom is 0.104 e. The van der Waals surface area contributed by atoms with E-state index in [1.165, 1.54) is 139 Å². The number of nitrogens with zero attached hydrogens (tertiary/aromatic N) is 1. The summed E-state index contributed by atoms with van der Waals surface area (Å²) in [6.45, 7) is 12.3. The van der Waals surface area contributed by atoms with Crippen LogP contribution in [0.15, 0.2) is 30.3 Å². The van der Waals surface area contributed by atoms with Gasteiger partial charge >= 0.3 is 0 Å². The number of halogens is 1. The highest BCUT2D eigenvalue weighted by Crippen LogP contribution is 2.20. The Bertz CT molecular complexity index is 467. The fourth-order valence-corrected chi connectivity index (χ4v) is 5.13. The molecule has 0 bridgehead atoms. The molecule has 0 heterocycles. The smallest absolute Gasteiger partial charge is 0.104 e. The van der Waals surface area contributed by atoms with E-state index in [1.807, 2.05) is 0 Å². The van der Waals surface area contributed by atoms with Crippen molar-refractivity contribution in [3.8, 4) is 0 Å². The molecule has 0 fully saturated rings. The van der Waals surface area contributed by atoms with Crippen molar-refractivity contribution in [2.45, 2.75) is 130 Å². The summed E-state index contributed by atoms with van der Waals surface area (Å²) in [5.41, 5.74) is 1.52. The van der Waals surface area contributed by atoms with Crippen molar-refractivity contribution in [3.05, 3.63) is 35.9 Å². The molecule has 182 valence electrons. The van der Waals surface area contributed by atoms with Gasteiger partial charge in [0, 0.05) is 5.56 Å². The van der Waals surface area contributed by atoms with E-state index >= 15 is 0 Å². The molecule has 0 atom stereocenters. The maximum absolute atomic E-state index is 2.36. The van der Waals surface area contributed by atoms with Gasteiger partial charge in [0.05, 0.1) is 19.6 Å². The third-order valence-corrected chi connectivity index (χ3v) is 6.74. The van der Waals surface area contributed by atoms with Gasteiger partial charge in [0.2, 0.25) is 0 Å². The monoisotopic (exact) mass is 451 g/mol. The highest BCUT2D eigenvalue weighted by Gasteiger charge is 2.25. The zero-order chi connectivity index (χ0) is 21.8. The lowest BCUT2D eigenvalue weighted by Gasteiger charge is -2.39. The standard InChI is InChI=1S/C29H54N.ClH/c1-4-7-8-9-10-11-12-13-14-15-16-17-18-22-27-30(25-5-2,26-6-3)28-29-23-20-19-21-24-29;/h19-21,23-24H,4-18,22,25-28H2,1-3H3;1H/q+1;/p-1. The molecule has 1 rings (SSSR count). The highest BCUT2D eigenvalue weighted by molar-refractivity contribution is 5.13. The predicted octanol–water partition coefficient (Wildman–Crippen LogP) is 6.31. The Hall–Kier alpha value is -0.530. The topological polar surface area (TPSA) is 0 Å². The first-order chi connectivity index (χ1) is 14.8. The molecular formula is C29H54ClN. The summed E-state index contributed by atoms with van der Waals surface area (Å²) < 4.78 is 1.30. The van der Waals surface area contributed by atoms with Crippen LogP contribution >= 0.6 is 0 Å². The van der Waals surface area contributed by atoms with Gasteiger partial charge in [-0.05, 0) is 25.7 Å². The number of hydrogen-bond acceptors (Lipinski definition) is 0. The maximum atomic E-state index is 2.36. The molecule has 31 heavy (non-hydrogen) atoms. The van der Waals surface area contributed by atoms with Gasteiger partial charge in [-0.3, -0.25) is 0 Å². The van der Waals surface area contributed by atoms with Crippen molar-refractivity contribution >= 4 is 0 Å². The molecule has 0 saturated carbocycles. The lowest BCUT2D eigenvalue weighted by Crippen LogP contribution is -3.00. The van der Waals surface area contributed by atoms with Crippen LogP contribution in [0.25, 0.3) is 0 Å². The zero-order valence-electron chi connectivity index (χ0n) is 21.4. The van der Waals surface area contributed by atoms with E-state index in [1.54, 1.807) is 0 Å². The number of quaternary nitrogens is 1. The van der Waals surface area contributed by atoms with Crippen molar-refractivity contribution in [1.29, 1.82) is 0 Å². The van der Waals surface area contributed by atoms with Gasteiger partial charge in [-0.15, -0.1) is 0 Å². The van der Waals surface area contributed by atoms with E-state index in [0.717, 1.165) is 0 Å². The van der Waals surface area contributed by atoms with Crippen LogP contribution in [0.3, 0.4) is 0 Å². The molecule has 1 aromatic rings. The van der Waals surface area contributed by atoms with Gasteiger partial charge in [-0.25, -0.2) is 0 Å². The number of rotatable bonds is 21. The van der Waals surface area contributed by atoms with E-state index < -0.39 is 0 Å². The Kier molecular flexibility index (Phi) is 21.0. The average Bonchev–Trinajstić information content (AvgIpc) is 2.75. The van der Waals surface area contributed by atoms with Crippen LogP contribution in [0.4, 0.5) is 0 Å². The SMILES string of the molecule is CCCCCCCCCCCCCCCC[N+](CCC)(CCC)Cc1ccccc1.[Cl-]. The molecule has 1 nitrogen and oxygen atoms in total. The Morgan fingerprint density at radius 2 is 0.903 bits per heavy atom. The van der Waals surface area contributed by atoms with Crippen LogP contribution < -0.4 is 12.4 Å². The molecule has 0 spiro atoms. The van der Waals surface area contributed by atoms with Gasteiger partial charge < -0.3 is 16.9 Å². The van der Waals surface area contributed by atoms with Gasteiger partial charge in [0.25, 0.3) is 0 Å². The van der Waals surface area contributed by atoms with Crippen LogP contribution in [0.5, 0.6) is 0 Å². The van der Waals surface area contributed by atoms with Crippen LogP contribution in [-0.2, 0) is 6.54 Å². The summed E-state index contributed by atoms with van der Waals surface area (Å²) >= 11 is 0. The molecule has 0 saturated heterocycles. The van der Waals surface area contributed by atoms with Crippen molar-refractivity contribution in [2.75, 3.05) is 19.6 Å². The number of unbranched alkanes of at least 4 members (excludes halogenated alkanes) is 13. The molecule has 2 heteroatoms. The molecular weight excluding hydrogens is 398 g/mol. The summed E-state index contributed by atoms with van der Waals surface area (Å²) in [5, 5.41) is 0. The largest absolute Gasteiger partial charge is 1.00 e. The Morgan fingerprint density at radius 1 is 0.484 bits per heavy atom.